The molecule has 3 aromatic rings. The number of aromatic nitrogens is 2. The molecule has 2 aromatic heterocycles. The molecule has 30 heavy (non-hydrogen) atoms. The van der Waals surface area contributed by atoms with E-state index in [2.05, 4.69) is 21.6 Å². The van der Waals surface area contributed by atoms with Gasteiger partial charge in [0.15, 0.2) is 0 Å². The summed E-state index contributed by atoms with van der Waals surface area (Å²) >= 11 is 0. The second-order valence-electron chi connectivity index (χ2n) is 6.60. The van der Waals surface area contributed by atoms with Crippen molar-refractivity contribution in [3.8, 4) is 11.5 Å². The average Bonchev–Trinajstić information content (AvgIpc) is 2.66. The number of alkyl halides is 3. The van der Waals surface area contributed by atoms with Gasteiger partial charge < -0.3 is 14.8 Å². The van der Waals surface area contributed by atoms with Crippen molar-refractivity contribution in [2.45, 2.75) is 20.2 Å². The Bertz CT molecular complexity index is 1120. The third-order valence-electron chi connectivity index (χ3n) is 4.20. The van der Waals surface area contributed by atoms with Gasteiger partial charge in [-0.15, -0.1) is 13.2 Å². The van der Waals surface area contributed by atoms with Crippen molar-refractivity contribution in [1.82, 2.24) is 9.38 Å². The smallest absolute Gasteiger partial charge is 0.492 e. The number of rotatable bonds is 7. The van der Waals surface area contributed by atoms with E-state index in [1.807, 2.05) is 13.0 Å². The molecule has 0 bridgehead atoms. The Kier molecular flexibility index (Phi) is 6.00. The molecular weight excluding hydrogens is 399 g/mol. The first-order valence-electron chi connectivity index (χ1n) is 9.06. The number of allylic oxidation sites excluding steroid dienone is 1. The fourth-order valence-corrected chi connectivity index (χ4v) is 2.89. The lowest BCUT2D eigenvalue weighted by molar-refractivity contribution is -0.274. The van der Waals surface area contributed by atoms with E-state index in [4.69, 9.17) is 4.74 Å². The third-order valence-corrected chi connectivity index (χ3v) is 4.20. The van der Waals surface area contributed by atoms with Crippen LogP contribution in [-0.2, 0) is 0 Å². The van der Waals surface area contributed by atoms with E-state index in [0.717, 1.165) is 5.56 Å². The molecule has 0 radical (unpaired) electrons. The van der Waals surface area contributed by atoms with Crippen LogP contribution in [0.15, 0.2) is 54.0 Å². The van der Waals surface area contributed by atoms with Crippen LogP contribution in [-0.4, -0.2) is 28.9 Å². The van der Waals surface area contributed by atoms with Gasteiger partial charge in [-0.1, -0.05) is 12.6 Å². The largest absolute Gasteiger partial charge is 0.573 e. The highest BCUT2D eigenvalue weighted by Crippen LogP contribution is 2.25. The number of anilines is 1. The molecule has 0 aliphatic heterocycles. The fraction of sp³-hybridized carbons (Fsp3) is 0.238. The zero-order valence-corrected chi connectivity index (χ0v) is 16.4. The summed E-state index contributed by atoms with van der Waals surface area (Å²) in [5.74, 6) is 0.462. The molecular formula is C21H20F3N3O3. The van der Waals surface area contributed by atoms with Gasteiger partial charge in [-0.05, 0) is 55.3 Å². The van der Waals surface area contributed by atoms with Gasteiger partial charge in [-0.3, -0.25) is 9.20 Å². The molecule has 0 unspecified atom stereocenters. The maximum atomic E-state index is 12.8. The number of nitrogens with zero attached hydrogens (tertiary/aromatic N) is 2. The summed E-state index contributed by atoms with van der Waals surface area (Å²) in [4.78, 5) is 17.4. The lowest BCUT2D eigenvalue weighted by atomic mass is 10.1. The van der Waals surface area contributed by atoms with Crippen LogP contribution in [0.3, 0.4) is 0 Å². The van der Waals surface area contributed by atoms with E-state index in [9.17, 15) is 18.0 Å². The van der Waals surface area contributed by atoms with Crippen molar-refractivity contribution in [2.24, 2.45) is 0 Å². The molecule has 0 saturated carbocycles. The number of nitrogens with one attached hydrogen (secondary N) is 1. The zero-order valence-electron chi connectivity index (χ0n) is 16.4. The first-order valence-corrected chi connectivity index (χ1v) is 9.06. The minimum atomic E-state index is -4.74. The number of ether oxygens (including phenoxy) is 2. The van der Waals surface area contributed by atoms with Crippen LogP contribution in [0.2, 0.25) is 0 Å². The third kappa shape index (κ3) is 4.91. The van der Waals surface area contributed by atoms with E-state index >= 15 is 0 Å². The molecule has 158 valence electrons. The highest BCUT2D eigenvalue weighted by molar-refractivity contribution is 5.72. The first kappa shape index (κ1) is 21.2. The molecule has 1 aromatic carbocycles. The van der Waals surface area contributed by atoms with Gasteiger partial charge in [0.1, 0.15) is 29.6 Å². The fourth-order valence-electron chi connectivity index (χ4n) is 2.89. The SMILES string of the molecule is C=C(C)c1c(NCCOc2ccc(OC(F)(F)F)cc2)nc2c(C)cccn2c1=O. The summed E-state index contributed by atoms with van der Waals surface area (Å²) in [6.45, 7) is 7.97. The monoisotopic (exact) mass is 419 g/mol. The van der Waals surface area contributed by atoms with Crippen LogP contribution in [0.25, 0.3) is 11.2 Å². The molecule has 9 heteroatoms. The van der Waals surface area contributed by atoms with Crippen LogP contribution >= 0.6 is 0 Å². The summed E-state index contributed by atoms with van der Waals surface area (Å²) in [7, 11) is 0. The number of fused-ring (bicyclic) bond motifs is 1. The molecule has 3 rings (SSSR count). The Balaban J connectivity index is 1.69. The topological polar surface area (TPSA) is 64.9 Å². The van der Waals surface area contributed by atoms with Gasteiger partial charge in [0.05, 0.1) is 12.1 Å². The van der Waals surface area contributed by atoms with Gasteiger partial charge >= 0.3 is 6.36 Å². The van der Waals surface area contributed by atoms with Crippen molar-refractivity contribution in [1.29, 1.82) is 0 Å². The Morgan fingerprint density at radius 1 is 1.20 bits per heavy atom. The number of benzene rings is 1. The maximum absolute atomic E-state index is 12.8. The molecule has 0 fully saturated rings. The molecule has 0 spiro atoms. The molecule has 0 aliphatic rings. The Morgan fingerprint density at radius 3 is 2.50 bits per heavy atom. The molecule has 0 atom stereocenters. The lowest BCUT2D eigenvalue weighted by Gasteiger charge is -2.14. The van der Waals surface area contributed by atoms with Crippen LogP contribution in [0.5, 0.6) is 11.5 Å². The van der Waals surface area contributed by atoms with Crippen molar-refractivity contribution in [3.05, 3.63) is 70.7 Å². The maximum Gasteiger partial charge on any atom is 0.573 e. The molecule has 2 heterocycles. The summed E-state index contributed by atoms with van der Waals surface area (Å²) in [6, 6.07) is 8.74. The van der Waals surface area contributed by atoms with E-state index < -0.39 is 6.36 Å². The van der Waals surface area contributed by atoms with Gasteiger partial charge in [0.25, 0.3) is 5.56 Å². The number of aryl methyl sites for hydroxylation is 1. The minimum Gasteiger partial charge on any atom is -0.492 e. The Labute approximate surface area is 170 Å². The Morgan fingerprint density at radius 2 is 1.87 bits per heavy atom. The standard InChI is InChI=1S/C21H20F3N3O3/c1-13(2)17-18(26-19-14(3)5-4-11-27(19)20(17)28)25-10-12-29-15-6-8-16(9-7-15)30-21(22,23)24/h4-9,11,25H,1,10,12H2,2-3H3. The van der Waals surface area contributed by atoms with Gasteiger partial charge in [0, 0.05) is 6.20 Å². The highest BCUT2D eigenvalue weighted by atomic mass is 19.4. The number of halogens is 3. The van der Waals surface area contributed by atoms with Crippen LogP contribution in [0.1, 0.15) is 18.1 Å². The number of hydrogen-bond donors (Lipinski definition) is 1. The van der Waals surface area contributed by atoms with Crippen molar-refractivity contribution in [3.63, 3.8) is 0 Å². The summed E-state index contributed by atoms with van der Waals surface area (Å²) in [5, 5.41) is 3.08. The predicted molar refractivity (Wildman–Crippen MR) is 108 cm³/mol. The quantitative estimate of drug-likeness (QED) is 0.574. The van der Waals surface area contributed by atoms with Gasteiger partial charge in [0.2, 0.25) is 0 Å². The van der Waals surface area contributed by atoms with Crippen LogP contribution in [0, 0.1) is 6.92 Å². The molecule has 6 nitrogen and oxygen atoms in total. The predicted octanol–water partition coefficient (Wildman–Crippen LogP) is 4.43. The lowest BCUT2D eigenvalue weighted by Crippen LogP contribution is -2.23. The van der Waals surface area contributed by atoms with Gasteiger partial charge in [-0.25, -0.2) is 4.98 Å². The second-order valence-corrected chi connectivity index (χ2v) is 6.60. The highest BCUT2D eigenvalue weighted by Gasteiger charge is 2.30. The molecule has 0 aliphatic carbocycles. The van der Waals surface area contributed by atoms with Crippen molar-refractivity contribution < 1.29 is 22.6 Å². The summed E-state index contributed by atoms with van der Waals surface area (Å²) in [5.41, 5.74) is 2.12. The van der Waals surface area contributed by atoms with Crippen LogP contribution < -0.4 is 20.3 Å². The first-order chi connectivity index (χ1) is 14.2. The normalized spacial score (nSPS) is 11.4. The average molecular weight is 419 g/mol. The molecule has 0 saturated heterocycles. The summed E-state index contributed by atoms with van der Waals surface area (Å²) < 4.78 is 47.4. The van der Waals surface area contributed by atoms with Gasteiger partial charge in [-0.2, -0.15) is 0 Å². The zero-order chi connectivity index (χ0) is 21.9. The molecule has 0 amide bonds. The Hall–Kier alpha value is -3.49. The number of hydrogen-bond acceptors (Lipinski definition) is 5. The van der Waals surface area contributed by atoms with E-state index in [1.54, 1.807) is 19.2 Å². The minimum absolute atomic E-state index is 0.198. The van der Waals surface area contributed by atoms with Crippen LogP contribution in [0.4, 0.5) is 19.0 Å². The van der Waals surface area contributed by atoms with E-state index in [1.165, 1.54) is 28.7 Å². The van der Waals surface area contributed by atoms with E-state index in [0.29, 0.717) is 34.9 Å². The number of pyridine rings is 1. The van der Waals surface area contributed by atoms with Crippen molar-refractivity contribution in [2.75, 3.05) is 18.5 Å². The molecule has 1 N–H and O–H groups in total. The van der Waals surface area contributed by atoms with Crippen molar-refractivity contribution >= 4 is 17.0 Å². The summed E-state index contributed by atoms with van der Waals surface area (Å²) in [6.07, 6.45) is -3.08. The van der Waals surface area contributed by atoms with E-state index in [-0.39, 0.29) is 17.9 Å². The second kappa shape index (κ2) is 8.48.